The summed E-state index contributed by atoms with van der Waals surface area (Å²) in [7, 11) is 0. The number of hydrogen-bond donors (Lipinski definition) is 1. The number of benzene rings is 2. The maximum absolute atomic E-state index is 14.0. The molecule has 0 bridgehead atoms. The first-order valence-corrected chi connectivity index (χ1v) is 7.83. The molecule has 0 spiro atoms. The molecule has 0 aliphatic carbocycles. The number of aryl methyl sites for hydroxylation is 1. The SMILES string of the molecule is CCCNCc1c(F)cccc1Oc1ccc(Br)cc1C. The first-order chi connectivity index (χ1) is 10.1. The second-order valence-corrected chi connectivity index (χ2v) is 5.82. The highest BCUT2D eigenvalue weighted by molar-refractivity contribution is 9.10. The Balaban J connectivity index is 2.24. The van der Waals surface area contributed by atoms with Gasteiger partial charge < -0.3 is 10.1 Å². The third-order valence-electron chi connectivity index (χ3n) is 3.16. The molecule has 0 radical (unpaired) electrons. The van der Waals surface area contributed by atoms with Gasteiger partial charge >= 0.3 is 0 Å². The van der Waals surface area contributed by atoms with Crippen LogP contribution in [-0.2, 0) is 6.54 Å². The van der Waals surface area contributed by atoms with Crippen molar-refractivity contribution in [2.45, 2.75) is 26.8 Å². The summed E-state index contributed by atoms with van der Waals surface area (Å²) in [5, 5.41) is 3.21. The van der Waals surface area contributed by atoms with Gasteiger partial charge in [-0.15, -0.1) is 0 Å². The summed E-state index contributed by atoms with van der Waals surface area (Å²) in [5.41, 5.74) is 1.56. The smallest absolute Gasteiger partial charge is 0.134 e. The standard InChI is InChI=1S/C17H19BrFNO/c1-3-9-20-11-14-15(19)5-4-6-17(14)21-16-8-7-13(18)10-12(16)2/h4-8,10,20H,3,9,11H2,1-2H3. The van der Waals surface area contributed by atoms with Gasteiger partial charge in [0, 0.05) is 16.6 Å². The summed E-state index contributed by atoms with van der Waals surface area (Å²) in [6.07, 6.45) is 1.01. The molecule has 0 heterocycles. The molecule has 0 aliphatic heterocycles. The van der Waals surface area contributed by atoms with Crippen LogP contribution in [0.1, 0.15) is 24.5 Å². The van der Waals surface area contributed by atoms with Crippen molar-refractivity contribution in [3.63, 3.8) is 0 Å². The van der Waals surface area contributed by atoms with E-state index in [0.717, 1.165) is 28.8 Å². The minimum Gasteiger partial charge on any atom is -0.457 e. The van der Waals surface area contributed by atoms with Crippen molar-refractivity contribution in [3.8, 4) is 11.5 Å². The molecule has 2 rings (SSSR count). The lowest BCUT2D eigenvalue weighted by molar-refractivity contribution is 0.458. The van der Waals surface area contributed by atoms with Gasteiger partial charge in [-0.25, -0.2) is 4.39 Å². The average Bonchev–Trinajstić information content (AvgIpc) is 2.45. The Morgan fingerprint density at radius 2 is 2.00 bits per heavy atom. The van der Waals surface area contributed by atoms with E-state index >= 15 is 0 Å². The largest absolute Gasteiger partial charge is 0.457 e. The zero-order valence-corrected chi connectivity index (χ0v) is 13.8. The Bertz CT molecular complexity index is 616. The van der Waals surface area contributed by atoms with Crippen LogP contribution in [0.15, 0.2) is 40.9 Å². The Morgan fingerprint density at radius 1 is 1.19 bits per heavy atom. The zero-order chi connectivity index (χ0) is 15.2. The summed E-state index contributed by atoms with van der Waals surface area (Å²) in [4.78, 5) is 0. The number of hydrogen-bond acceptors (Lipinski definition) is 2. The van der Waals surface area contributed by atoms with Gasteiger partial charge in [0.15, 0.2) is 0 Å². The molecule has 4 heteroatoms. The molecule has 2 aromatic carbocycles. The first-order valence-electron chi connectivity index (χ1n) is 7.04. The fraction of sp³-hybridized carbons (Fsp3) is 0.294. The predicted octanol–water partition coefficient (Wildman–Crippen LogP) is 5.19. The quantitative estimate of drug-likeness (QED) is 0.723. The van der Waals surface area contributed by atoms with Gasteiger partial charge in [-0.05, 0) is 55.8 Å². The Morgan fingerprint density at radius 3 is 2.71 bits per heavy atom. The van der Waals surface area contributed by atoms with Crippen LogP contribution in [-0.4, -0.2) is 6.54 Å². The van der Waals surface area contributed by atoms with Crippen LogP contribution in [0.3, 0.4) is 0 Å². The van der Waals surface area contributed by atoms with Crippen LogP contribution in [0.4, 0.5) is 4.39 Å². The highest BCUT2D eigenvalue weighted by Crippen LogP contribution is 2.30. The van der Waals surface area contributed by atoms with Gasteiger partial charge in [0.05, 0.1) is 0 Å². The van der Waals surface area contributed by atoms with E-state index in [0.29, 0.717) is 17.9 Å². The summed E-state index contributed by atoms with van der Waals surface area (Å²) < 4.78 is 20.9. The fourth-order valence-electron chi connectivity index (χ4n) is 2.04. The van der Waals surface area contributed by atoms with Crippen molar-refractivity contribution >= 4 is 15.9 Å². The van der Waals surface area contributed by atoms with Crippen LogP contribution in [0.2, 0.25) is 0 Å². The maximum Gasteiger partial charge on any atom is 0.134 e. The van der Waals surface area contributed by atoms with Gasteiger partial charge in [0.2, 0.25) is 0 Å². The summed E-state index contributed by atoms with van der Waals surface area (Å²) in [6, 6.07) is 10.7. The lowest BCUT2D eigenvalue weighted by atomic mass is 10.1. The molecule has 0 fully saturated rings. The Labute approximate surface area is 133 Å². The van der Waals surface area contributed by atoms with Crippen molar-refractivity contribution in [2.24, 2.45) is 0 Å². The third-order valence-corrected chi connectivity index (χ3v) is 3.65. The minimum atomic E-state index is -0.245. The van der Waals surface area contributed by atoms with E-state index in [1.54, 1.807) is 12.1 Å². The number of nitrogens with one attached hydrogen (secondary N) is 1. The summed E-state index contributed by atoms with van der Waals surface area (Å²) >= 11 is 3.42. The lowest BCUT2D eigenvalue weighted by Gasteiger charge is -2.14. The fourth-order valence-corrected chi connectivity index (χ4v) is 2.52. The van der Waals surface area contributed by atoms with Crippen molar-refractivity contribution in [1.29, 1.82) is 0 Å². The van der Waals surface area contributed by atoms with Gasteiger partial charge in [0.1, 0.15) is 17.3 Å². The second-order valence-electron chi connectivity index (χ2n) is 4.91. The molecule has 0 atom stereocenters. The van der Waals surface area contributed by atoms with Crippen LogP contribution >= 0.6 is 15.9 Å². The minimum absolute atomic E-state index is 0.245. The second kappa shape index (κ2) is 7.57. The molecule has 112 valence electrons. The highest BCUT2D eigenvalue weighted by atomic mass is 79.9. The van der Waals surface area contributed by atoms with E-state index in [1.807, 2.05) is 25.1 Å². The van der Waals surface area contributed by atoms with Gasteiger partial charge in [0.25, 0.3) is 0 Å². The van der Waals surface area contributed by atoms with Crippen molar-refractivity contribution in [1.82, 2.24) is 5.32 Å². The summed E-state index contributed by atoms with van der Waals surface area (Å²) in [5.74, 6) is 1.05. The normalized spacial score (nSPS) is 10.7. The lowest BCUT2D eigenvalue weighted by Crippen LogP contribution is -2.15. The van der Waals surface area contributed by atoms with Gasteiger partial charge in [-0.1, -0.05) is 28.9 Å². The monoisotopic (exact) mass is 351 g/mol. The molecule has 0 saturated heterocycles. The molecular weight excluding hydrogens is 333 g/mol. The average molecular weight is 352 g/mol. The van der Waals surface area contributed by atoms with Crippen LogP contribution < -0.4 is 10.1 Å². The van der Waals surface area contributed by atoms with Crippen molar-refractivity contribution < 1.29 is 9.13 Å². The molecule has 0 saturated carbocycles. The number of rotatable bonds is 6. The molecule has 0 amide bonds. The topological polar surface area (TPSA) is 21.3 Å². The molecule has 2 nitrogen and oxygen atoms in total. The van der Waals surface area contributed by atoms with E-state index in [2.05, 4.69) is 28.2 Å². The van der Waals surface area contributed by atoms with Crippen molar-refractivity contribution in [2.75, 3.05) is 6.54 Å². The van der Waals surface area contributed by atoms with Crippen LogP contribution in [0.25, 0.3) is 0 Å². The highest BCUT2D eigenvalue weighted by Gasteiger charge is 2.11. The Hall–Kier alpha value is -1.39. The third kappa shape index (κ3) is 4.29. The molecule has 0 aromatic heterocycles. The van der Waals surface area contributed by atoms with Crippen molar-refractivity contribution in [3.05, 3.63) is 57.8 Å². The zero-order valence-electron chi connectivity index (χ0n) is 12.2. The van der Waals surface area contributed by atoms with E-state index in [-0.39, 0.29) is 5.82 Å². The molecule has 0 unspecified atom stereocenters. The molecule has 0 aliphatic rings. The molecule has 1 N–H and O–H groups in total. The van der Waals surface area contributed by atoms with E-state index in [4.69, 9.17) is 4.74 Å². The maximum atomic E-state index is 14.0. The number of halogens is 2. The van der Waals surface area contributed by atoms with Gasteiger partial charge in [-0.2, -0.15) is 0 Å². The van der Waals surface area contributed by atoms with E-state index < -0.39 is 0 Å². The molecule has 21 heavy (non-hydrogen) atoms. The van der Waals surface area contributed by atoms with E-state index in [1.165, 1.54) is 6.07 Å². The van der Waals surface area contributed by atoms with Crippen LogP contribution in [0.5, 0.6) is 11.5 Å². The van der Waals surface area contributed by atoms with E-state index in [9.17, 15) is 4.39 Å². The first kappa shape index (κ1) is 16.0. The van der Waals surface area contributed by atoms with Crippen LogP contribution in [0, 0.1) is 12.7 Å². The Kier molecular flexibility index (Phi) is 5.76. The van der Waals surface area contributed by atoms with Gasteiger partial charge in [-0.3, -0.25) is 0 Å². The predicted molar refractivity (Wildman–Crippen MR) is 87.4 cm³/mol. The summed E-state index contributed by atoms with van der Waals surface area (Å²) in [6.45, 7) is 5.36. The molecule has 2 aromatic rings. The molecular formula is C17H19BrFNO. The number of ether oxygens (including phenoxy) is 1.